The third kappa shape index (κ3) is 4.47. The maximum Gasteiger partial charge on any atom is 0.252 e. The van der Waals surface area contributed by atoms with E-state index in [0.717, 1.165) is 39.9 Å². The number of piperazine rings is 1. The Morgan fingerprint density at radius 3 is 2.43 bits per heavy atom. The van der Waals surface area contributed by atoms with E-state index in [9.17, 15) is 13.2 Å². The van der Waals surface area contributed by atoms with Crippen LogP contribution < -0.4 is 5.32 Å². The van der Waals surface area contributed by atoms with Gasteiger partial charge < -0.3 is 9.88 Å². The number of aromatic nitrogens is 1. The van der Waals surface area contributed by atoms with Gasteiger partial charge >= 0.3 is 0 Å². The van der Waals surface area contributed by atoms with E-state index in [4.69, 9.17) is 11.6 Å². The Hall–Kier alpha value is -2.43. The number of halogens is 1. The van der Waals surface area contributed by atoms with E-state index in [1.54, 1.807) is 12.1 Å². The van der Waals surface area contributed by atoms with Gasteiger partial charge in [-0.15, -0.1) is 11.3 Å². The number of hydrogen-bond acceptors (Lipinski definition) is 5. The van der Waals surface area contributed by atoms with Crippen LogP contribution >= 0.6 is 22.9 Å². The molecule has 2 aromatic heterocycles. The molecule has 0 aliphatic carbocycles. The molecular weight excluding hydrogens is 504 g/mol. The Bertz CT molecular complexity index is 1500. The van der Waals surface area contributed by atoms with Crippen molar-refractivity contribution >= 4 is 66.4 Å². The number of thiophene rings is 1. The summed E-state index contributed by atoms with van der Waals surface area (Å²) in [5.41, 5.74) is 3.08. The predicted molar refractivity (Wildman–Crippen MR) is 143 cm³/mol. The fourth-order valence-electron chi connectivity index (χ4n) is 4.78. The Morgan fingerprint density at radius 1 is 1.03 bits per heavy atom. The Morgan fingerprint density at radius 2 is 1.74 bits per heavy atom. The van der Waals surface area contributed by atoms with Gasteiger partial charge in [0, 0.05) is 60.2 Å². The van der Waals surface area contributed by atoms with Crippen molar-refractivity contribution in [3.05, 3.63) is 58.9 Å². The zero-order valence-corrected chi connectivity index (χ0v) is 22.0. The summed E-state index contributed by atoms with van der Waals surface area (Å²) in [6.07, 6.45) is 0. The highest BCUT2D eigenvalue weighted by atomic mass is 35.5. The summed E-state index contributed by atoms with van der Waals surface area (Å²) >= 11 is 6.98. The molecule has 5 rings (SSSR count). The first-order valence-electron chi connectivity index (χ1n) is 11.6. The van der Waals surface area contributed by atoms with Crippen LogP contribution in [0.15, 0.2) is 58.8 Å². The standard InChI is InChI=1S/C25H27ClN4O3S2/c1-3-30-21-7-5-4-6-19(21)20-16-18(8-9-22(20)30)27-25(31)17(2)28-12-14-29(15-13-28)35(32,33)24-11-10-23(26)34-24/h4-11,16-17H,3,12-15H2,1-2H3,(H,27,31)/t17-/m1/s1. The smallest absolute Gasteiger partial charge is 0.252 e. The summed E-state index contributed by atoms with van der Waals surface area (Å²) in [7, 11) is -3.56. The number of aryl methyl sites for hydroxylation is 1. The first-order valence-corrected chi connectivity index (χ1v) is 14.2. The highest BCUT2D eigenvalue weighted by molar-refractivity contribution is 7.91. The largest absolute Gasteiger partial charge is 0.341 e. The Kier molecular flexibility index (Phi) is 6.63. The number of sulfonamides is 1. The van der Waals surface area contributed by atoms with Gasteiger partial charge in [0.1, 0.15) is 4.21 Å². The van der Waals surface area contributed by atoms with Crippen LogP contribution in [0, 0.1) is 0 Å². The van der Waals surface area contributed by atoms with E-state index in [1.807, 2.05) is 36.1 Å². The molecule has 1 amide bonds. The minimum Gasteiger partial charge on any atom is -0.341 e. The molecule has 0 saturated carbocycles. The number of fused-ring (bicyclic) bond motifs is 3. The number of nitrogens with zero attached hydrogens (tertiary/aromatic N) is 3. The highest BCUT2D eigenvalue weighted by Gasteiger charge is 2.32. The second-order valence-electron chi connectivity index (χ2n) is 8.66. The van der Waals surface area contributed by atoms with Crippen LogP contribution in [0.1, 0.15) is 13.8 Å². The van der Waals surface area contributed by atoms with Crippen molar-refractivity contribution in [2.75, 3.05) is 31.5 Å². The number of anilines is 1. The minimum absolute atomic E-state index is 0.107. The predicted octanol–water partition coefficient (Wildman–Crippen LogP) is 4.86. The number of benzene rings is 2. The lowest BCUT2D eigenvalue weighted by atomic mass is 10.1. The molecule has 1 saturated heterocycles. The monoisotopic (exact) mass is 530 g/mol. The molecule has 1 atom stereocenters. The maximum atomic E-state index is 13.1. The molecule has 10 heteroatoms. The molecule has 0 radical (unpaired) electrons. The molecule has 3 heterocycles. The number of nitrogens with one attached hydrogen (secondary N) is 1. The Balaban J connectivity index is 1.27. The molecule has 1 fully saturated rings. The number of carbonyl (C=O) groups is 1. The second kappa shape index (κ2) is 9.55. The SMILES string of the molecule is CCn1c2ccccc2c2cc(NC(=O)[C@@H](C)N3CCN(S(=O)(=O)c4ccc(Cl)s4)CC3)ccc21. The van der Waals surface area contributed by atoms with Crippen LogP contribution in [0.4, 0.5) is 5.69 Å². The van der Waals surface area contributed by atoms with Gasteiger partial charge in [-0.05, 0) is 50.2 Å². The zero-order chi connectivity index (χ0) is 24.7. The molecule has 1 N–H and O–H groups in total. The fourth-order valence-corrected chi connectivity index (χ4v) is 7.84. The van der Waals surface area contributed by atoms with E-state index in [-0.39, 0.29) is 16.2 Å². The molecule has 0 unspecified atom stereocenters. The quantitative estimate of drug-likeness (QED) is 0.386. The van der Waals surface area contributed by atoms with E-state index >= 15 is 0 Å². The molecule has 4 aromatic rings. The number of para-hydroxylation sites is 1. The lowest BCUT2D eigenvalue weighted by Crippen LogP contribution is -2.53. The summed E-state index contributed by atoms with van der Waals surface area (Å²) in [5, 5.41) is 5.33. The van der Waals surface area contributed by atoms with Crippen LogP contribution in [0.2, 0.25) is 4.34 Å². The van der Waals surface area contributed by atoms with Crippen LogP contribution in [0.3, 0.4) is 0 Å². The van der Waals surface area contributed by atoms with E-state index < -0.39 is 10.0 Å². The van der Waals surface area contributed by atoms with Gasteiger partial charge in [0.05, 0.1) is 10.4 Å². The highest BCUT2D eigenvalue weighted by Crippen LogP contribution is 2.31. The third-order valence-electron chi connectivity index (χ3n) is 6.70. The van der Waals surface area contributed by atoms with E-state index in [1.165, 1.54) is 9.82 Å². The molecule has 0 bridgehead atoms. The van der Waals surface area contributed by atoms with E-state index in [0.29, 0.717) is 30.5 Å². The molecule has 2 aromatic carbocycles. The van der Waals surface area contributed by atoms with Gasteiger partial charge in [-0.2, -0.15) is 4.31 Å². The van der Waals surface area contributed by atoms with Gasteiger partial charge in [0.25, 0.3) is 10.0 Å². The summed E-state index contributed by atoms with van der Waals surface area (Å²) in [6, 6.07) is 17.1. The minimum atomic E-state index is -3.56. The molecular formula is C25H27ClN4O3S2. The number of hydrogen-bond donors (Lipinski definition) is 1. The van der Waals surface area contributed by atoms with Crippen molar-refractivity contribution in [2.45, 2.75) is 30.6 Å². The topological polar surface area (TPSA) is 74.7 Å². The summed E-state index contributed by atoms with van der Waals surface area (Å²) in [6.45, 7) is 6.49. The summed E-state index contributed by atoms with van der Waals surface area (Å²) in [5.74, 6) is -0.107. The van der Waals surface area contributed by atoms with Crippen LogP contribution in [0.5, 0.6) is 0 Å². The van der Waals surface area contributed by atoms with Crippen molar-refractivity contribution in [3.63, 3.8) is 0 Å². The number of carbonyl (C=O) groups excluding carboxylic acids is 1. The van der Waals surface area contributed by atoms with Gasteiger partial charge in [0.15, 0.2) is 0 Å². The average Bonchev–Trinajstić information content (AvgIpc) is 3.45. The fraction of sp³-hybridized carbons (Fsp3) is 0.320. The van der Waals surface area contributed by atoms with Gasteiger partial charge in [-0.1, -0.05) is 29.8 Å². The number of rotatable bonds is 6. The van der Waals surface area contributed by atoms with Gasteiger partial charge in [-0.3, -0.25) is 9.69 Å². The maximum absolute atomic E-state index is 13.1. The molecule has 7 nitrogen and oxygen atoms in total. The summed E-state index contributed by atoms with van der Waals surface area (Å²) < 4.78 is 30.1. The molecule has 184 valence electrons. The molecule has 1 aliphatic heterocycles. The normalized spacial score (nSPS) is 16.7. The van der Waals surface area contributed by atoms with Crippen LogP contribution in [-0.4, -0.2) is 60.3 Å². The summed E-state index contributed by atoms with van der Waals surface area (Å²) in [4.78, 5) is 15.1. The first-order chi connectivity index (χ1) is 16.8. The lowest BCUT2D eigenvalue weighted by molar-refractivity contribution is -0.121. The number of amides is 1. The molecule has 0 spiro atoms. The van der Waals surface area contributed by atoms with Crippen molar-refractivity contribution in [1.29, 1.82) is 0 Å². The van der Waals surface area contributed by atoms with E-state index in [2.05, 4.69) is 35.0 Å². The van der Waals surface area contributed by atoms with Crippen molar-refractivity contribution in [1.82, 2.24) is 13.8 Å². The molecule has 1 aliphatic rings. The van der Waals surface area contributed by atoms with Crippen LogP contribution in [-0.2, 0) is 21.4 Å². The average molecular weight is 531 g/mol. The van der Waals surface area contributed by atoms with Gasteiger partial charge in [-0.25, -0.2) is 8.42 Å². The lowest BCUT2D eigenvalue weighted by Gasteiger charge is -2.36. The third-order valence-corrected chi connectivity index (χ3v) is 10.3. The Labute approximate surface area is 213 Å². The zero-order valence-electron chi connectivity index (χ0n) is 19.6. The van der Waals surface area contributed by atoms with Crippen molar-refractivity contribution in [2.24, 2.45) is 0 Å². The van der Waals surface area contributed by atoms with Crippen molar-refractivity contribution < 1.29 is 13.2 Å². The second-order valence-corrected chi connectivity index (χ2v) is 12.5. The first kappa shape index (κ1) is 24.3. The van der Waals surface area contributed by atoms with Gasteiger partial charge in [0.2, 0.25) is 5.91 Å². The van der Waals surface area contributed by atoms with Crippen molar-refractivity contribution in [3.8, 4) is 0 Å². The molecule has 35 heavy (non-hydrogen) atoms. The van der Waals surface area contributed by atoms with Crippen LogP contribution in [0.25, 0.3) is 21.8 Å².